The average Bonchev–Trinajstić information content (AvgIpc) is 2.81. The Balaban J connectivity index is 1.60. The van der Waals surface area contributed by atoms with E-state index in [1.165, 1.54) is 0 Å². The van der Waals surface area contributed by atoms with Crippen molar-refractivity contribution in [2.24, 2.45) is 11.7 Å². The standard InChI is InChI=1S/C26H31N3O3/c27-25(31)22-13-7-8-14-23(22)29-24(30)18-28-26(32)21(17-20-11-5-2-6-12-20)16-15-19-9-3-1-4-10-19/h1-6,9-12,17,22-23H,7-8,13-16,18H2,(H2,27,31)(H,28,32)(H,29,30)/b21-17+. The SMILES string of the molecule is NC(=O)C1CCCCC1NC(=O)CNC(=O)/C(=C/c1ccccc1)CCc1ccccc1. The molecule has 32 heavy (non-hydrogen) atoms. The lowest BCUT2D eigenvalue weighted by Crippen LogP contribution is -2.49. The second-order valence-electron chi connectivity index (χ2n) is 8.22. The Morgan fingerprint density at radius 3 is 2.28 bits per heavy atom. The van der Waals surface area contributed by atoms with Crippen LogP contribution < -0.4 is 16.4 Å². The van der Waals surface area contributed by atoms with Crippen LogP contribution in [0.15, 0.2) is 66.2 Å². The molecule has 0 heterocycles. The van der Waals surface area contributed by atoms with E-state index in [9.17, 15) is 14.4 Å². The number of hydrogen-bond donors (Lipinski definition) is 3. The van der Waals surface area contributed by atoms with Crippen LogP contribution in [0.25, 0.3) is 6.08 Å². The highest BCUT2D eigenvalue weighted by molar-refractivity contribution is 5.99. The summed E-state index contributed by atoms with van der Waals surface area (Å²) in [6.45, 7) is -0.141. The third-order valence-electron chi connectivity index (χ3n) is 5.85. The molecule has 0 aliphatic heterocycles. The number of aryl methyl sites for hydroxylation is 1. The van der Waals surface area contributed by atoms with Gasteiger partial charge in [0.15, 0.2) is 0 Å². The van der Waals surface area contributed by atoms with Gasteiger partial charge in [0.2, 0.25) is 17.7 Å². The predicted octanol–water partition coefficient (Wildman–Crippen LogP) is 2.98. The number of carbonyl (C=O) groups is 3. The monoisotopic (exact) mass is 433 g/mol. The highest BCUT2D eigenvalue weighted by atomic mass is 16.2. The minimum Gasteiger partial charge on any atom is -0.369 e. The van der Waals surface area contributed by atoms with E-state index < -0.39 is 0 Å². The van der Waals surface area contributed by atoms with Gasteiger partial charge in [0.1, 0.15) is 0 Å². The molecule has 2 aromatic carbocycles. The van der Waals surface area contributed by atoms with Gasteiger partial charge in [0.25, 0.3) is 0 Å². The van der Waals surface area contributed by atoms with Crippen molar-refractivity contribution in [2.75, 3.05) is 6.54 Å². The Morgan fingerprint density at radius 2 is 1.59 bits per heavy atom. The molecule has 0 spiro atoms. The second-order valence-corrected chi connectivity index (χ2v) is 8.22. The number of nitrogens with two attached hydrogens (primary N) is 1. The Bertz CT molecular complexity index is 941. The van der Waals surface area contributed by atoms with Gasteiger partial charge >= 0.3 is 0 Å². The molecule has 0 bridgehead atoms. The minimum absolute atomic E-state index is 0.141. The van der Waals surface area contributed by atoms with Crippen molar-refractivity contribution >= 4 is 23.8 Å². The van der Waals surface area contributed by atoms with E-state index in [4.69, 9.17) is 5.73 Å². The summed E-state index contributed by atoms with van der Waals surface area (Å²) < 4.78 is 0. The van der Waals surface area contributed by atoms with Gasteiger partial charge in [-0.3, -0.25) is 14.4 Å². The summed E-state index contributed by atoms with van der Waals surface area (Å²) in [5.74, 6) is -1.30. The number of primary amides is 1. The number of rotatable bonds is 9. The van der Waals surface area contributed by atoms with Gasteiger partial charge in [-0.2, -0.15) is 0 Å². The Labute approximate surface area is 189 Å². The zero-order chi connectivity index (χ0) is 22.8. The predicted molar refractivity (Wildman–Crippen MR) is 125 cm³/mol. The Hall–Kier alpha value is -3.41. The molecule has 4 N–H and O–H groups in total. The van der Waals surface area contributed by atoms with Crippen LogP contribution >= 0.6 is 0 Å². The first-order valence-corrected chi connectivity index (χ1v) is 11.2. The molecule has 6 heteroatoms. The summed E-state index contributed by atoms with van der Waals surface area (Å²) in [6.07, 6.45) is 6.44. The third-order valence-corrected chi connectivity index (χ3v) is 5.85. The summed E-state index contributed by atoms with van der Waals surface area (Å²) in [4.78, 5) is 37.0. The van der Waals surface area contributed by atoms with Crippen molar-refractivity contribution in [2.45, 2.75) is 44.6 Å². The van der Waals surface area contributed by atoms with Crippen LogP contribution in [0.3, 0.4) is 0 Å². The van der Waals surface area contributed by atoms with Crippen molar-refractivity contribution in [3.05, 3.63) is 77.4 Å². The van der Waals surface area contributed by atoms with Crippen molar-refractivity contribution in [3.8, 4) is 0 Å². The summed E-state index contributed by atoms with van der Waals surface area (Å²) in [5, 5.41) is 5.62. The molecule has 0 radical (unpaired) electrons. The van der Waals surface area contributed by atoms with Crippen LogP contribution in [-0.2, 0) is 20.8 Å². The number of benzene rings is 2. The van der Waals surface area contributed by atoms with E-state index in [1.54, 1.807) is 0 Å². The van der Waals surface area contributed by atoms with Gasteiger partial charge in [0, 0.05) is 11.6 Å². The number of hydrogen-bond acceptors (Lipinski definition) is 3. The van der Waals surface area contributed by atoms with Crippen LogP contribution in [0.1, 0.15) is 43.2 Å². The topological polar surface area (TPSA) is 101 Å². The lowest BCUT2D eigenvalue weighted by Gasteiger charge is -2.30. The molecular weight excluding hydrogens is 402 g/mol. The number of amides is 3. The van der Waals surface area contributed by atoms with Crippen molar-refractivity contribution in [1.29, 1.82) is 0 Å². The van der Waals surface area contributed by atoms with Gasteiger partial charge in [-0.25, -0.2) is 0 Å². The normalized spacial score (nSPS) is 18.6. The Morgan fingerprint density at radius 1 is 0.938 bits per heavy atom. The molecule has 2 aromatic rings. The van der Waals surface area contributed by atoms with Crippen molar-refractivity contribution in [3.63, 3.8) is 0 Å². The zero-order valence-electron chi connectivity index (χ0n) is 18.3. The maximum absolute atomic E-state index is 12.9. The van der Waals surface area contributed by atoms with Gasteiger partial charge in [0.05, 0.1) is 12.5 Å². The molecule has 0 aromatic heterocycles. The molecule has 168 valence electrons. The minimum atomic E-state index is -0.381. The van der Waals surface area contributed by atoms with Crippen LogP contribution in [0.2, 0.25) is 0 Å². The van der Waals surface area contributed by atoms with E-state index in [0.717, 1.165) is 36.8 Å². The van der Waals surface area contributed by atoms with Crippen molar-refractivity contribution in [1.82, 2.24) is 10.6 Å². The largest absolute Gasteiger partial charge is 0.369 e. The number of nitrogens with one attached hydrogen (secondary N) is 2. The smallest absolute Gasteiger partial charge is 0.247 e. The van der Waals surface area contributed by atoms with Crippen LogP contribution in [0.4, 0.5) is 0 Å². The molecule has 1 saturated carbocycles. The average molecular weight is 434 g/mol. The fraction of sp³-hybridized carbons (Fsp3) is 0.346. The number of carbonyl (C=O) groups excluding carboxylic acids is 3. The molecular formula is C26H31N3O3. The Kier molecular flexibility index (Phi) is 8.61. The van der Waals surface area contributed by atoms with Crippen LogP contribution in [0.5, 0.6) is 0 Å². The summed E-state index contributed by atoms with van der Waals surface area (Å²) in [6, 6.07) is 19.4. The fourth-order valence-corrected chi connectivity index (χ4v) is 4.10. The van der Waals surface area contributed by atoms with E-state index in [1.807, 2.05) is 66.7 Å². The molecule has 1 aliphatic rings. The first kappa shape index (κ1) is 23.3. The fourth-order valence-electron chi connectivity index (χ4n) is 4.10. The summed E-state index contributed by atoms with van der Waals surface area (Å²) in [7, 11) is 0. The van der Waals surface area contributed by atoms with Crippen molar-refractivity contribution < 1.29 is 14.4 Å². The van der Waals surface area contributed by atoms with E-state index >= 15 is 0 Å². The third kappa shape index (κ3) is 7.08. The first-order chi connectivity index (χ1) is 15.5. The second kappa shape index (κ2) is 11.8. The molecule has 2 atom stereocenters. The first-order valence-electron chi connectivity index (χ1n) is 11.2. The van der Waals surface area contributed by atoms with E-state index in [2.05, 4.69) is 10.6 Å². The van der Waals surface area contributed by atoms with E-state index in [0.29, 0.717) is 18.4 Å². The molecule has 1 aliphatic carbocycles. The van der Waals surface area contributed by atoms with Crippen LogP contribution in [0, 0.1) is 5.92 Å². The highest BCUT2D eigenvalue weighted by Gasteiger charge is 2.30. The molecule has 6 nitrogen and oxygen atoms in total. The van der Waals surface area contributed by atoms with Gasteiger partial charge in [-0.1, -0.05) is 73.5 Å². The van der Waals surface area contributed by atoms with E-state index in [-0.39, 0.29) is 36.2 Å². The molecule has 2 unspecified atom stereocenters. The zero-order valence-corrected chi connectivity index (χ0v) is 18.3. The quantitative estimate of drug-likeness (QED) is 0.530. The van der Waals surface area contributed by atoms with Crippen LogP contribution in [-0.4, -0.2) is 30.3 Å². The van der Waals surface area contributed by atoms with Gasteiger partial charge in [-0.05, 0) is 42.9 Å². The molecule has 1 fully saturated rings. The molecule has 3 rings (SSSR count). The highest BCUT2D eigenvalue weighted by Crippen LogP contribution is 2.24. The molecule has 0 saturated heterocycles. The lowest BCUT2D eigenvalue weighted by atomic mass is 9.84. The lowest BCUT2D eigenvalue weighted by molar-refractivity contribution is -0.127. The maximum Gasteiger partial charge on any atom is 0.247 e. The summed E-state index contributed by atoms with van der Waals surface area (Å²) in [5.41, 5.74) is 8.17. The summed E-state index contributed by atoms with van der Waals surface area (Å²) >= 11 is 0. The van der Waals surface area contributed by atoms with Gasteiger partial charge < -0.3 is 16.4 Å². The van der Waals surface area contributed by atoms with Gasteiger partial charge in [-0.15, -0.1) is 0 Å². The molecule has 3 amide bonds. The maximum atomic E-state index is 12.9.